The standard InChI is InChI=1S/C15H15FN4O/c1-20(10-14-18-7-8-19-14)15(21)12-5-4-11(3-2-6-17)13(16)9-12/h4-5,7-9H,6,10,17H2,1H3,(H,18,19). The molecule has 108 valence electrons. The Balaban J connectivity index is 2.14. The minimum Gasteiger partial charge on any atom is -0.347 e. The molecule has 2 aromatic rings. The van der Waals surface area contributed by atoms with Crippen LogP contribution < -0.4 is 5.73 Å². The molecular formula is C15H15FN4O. The molecule has 21 heavy (non-hydrogen) atoms. The molecule has 1 aromatic heterocycles. The molecule has 3 N–H and O–H groups in total. The highest BCUT2D eigenvalue weighted by Gasteiger charge is 2.14. The van der Waals surface area contributed by atoms with E-state index in [1.54, 1.807) is 25.5 Å². The number of amides is 1. The average molecular weight is 286 g/mol. The van der Waals surface area contributed by atoms with Gasteiger partial charge in [0.15, 0.2) is 0 Å². The molecule has 0 aliphatic rings. The number of hydrogen-bond acceptors (Lipinski definition) is 3. The molecule has 0 atom stereocenters. The van der Waals surface area contributed by atoms with Gasteiger partial charge < -0.3 is 15.6 Å². The van der Waals surface area contributed by atoms with E-state index in [1.807, 2.05) is 0 Å². The second kappa shape index (κ2) is 6.68. The van der Waals surface area contributed by atoms with Crippen molar-refractivity contribution in [1.29, 1.82) is 0 Å². The first-order chi connectivity index (χ1) is 10.1. The van der Waals surface area contributed by atoms with Crippen LogP contribution >= 0.6 is 0 Å². The Morgan fingerprint density at radius 2 is 2.33 bits per heavy atom. The lowest BCUT2D eigenvalue weighted by Gasteiger charge is -2.16. The van der Waals surface area contributed by atoms with Crippen molar-refractivity contribution in [2.45, 2.75) is 6.54 Å². The van der Waals surface area contributed by atoms with Crippen molar-refractivity contribution in [3.63, 3.8) is 0 Å². The lowest BCUT2D eigenvalue weighted by atomic mass is 10.1. The summed E-state index contributed by atoms with van der Waals surface area (Å²) in [6, 6.07) is 4.21. The summed E-state index contributed by atoms with van der Waals surface area (Å²) in [5.74, 6) is 5.03. The number of hydrogen-bond donors (Lipinski definition) is 2. The van der Waals surface area contributed by atoms with Crippen LogP contribution in [0.4, 0.5) is 4.39 Å². The molecule has 0 radical (unpaired) electrons. The van der Waals surface area contributed by atoms with Gasteiger partial charge in [0.2, 0.25) is 0 Å². The second-order valence-corrected chi connectivity index (χ2v) is 4.40. The van der Waals surface area contributed by atoms with Crippen molar-refractivity contribution in [2.75, 3.05) is 13.6 Å². The third-order valence-corrected chi connectivity index (χ3v) is 2.83. The third kappa shape index (κ3) is 3.68. The maximum atomic E-state index is 13.8. The van der Waals surface area contributed by atoms with Crippen LogP contribution in [-0.2, 0) is 6.54 Å². The SMILES string of the molecule is CN(Cc1ncc[nH]1)C(=O)c1ccc(C#CCN)c(F)c1. The molecule has 0 aliphatic carbocycles. The molecule has 1 amide bonds. The number of carbonyl (C=O) groups excluding carboxylic acids is 1. The van der Waals surface area contributed by atoms with Gasteiger partial charge in [0.1, 0.15) is 11.6 Å². The zero-order chi connectivity index (χ0) is 15.2. The molecule has 0 fully saturated rings. The quantitative estimate of drug-likeness (QED) is 0.831. The molecule has 0 aliphatic heterocycles. The predicted molar refractivity (Wildman–Crippen MR) is 76.7 cm³/mol. The summed E-state index contributed by atoms with van der Waals surface area (Å²) in [5.41, 5.74) is 5.73. The number of nitrogens with zero attached hydrogens (tertiary/aromatic N) is 2. The van der Waals surface area contributed by atoms with Crippen molar-refractivity contribution >= 4 is 5.91 Å². The molecule has 0 saturated carbocycles. The van der Waals surface area contributed by atoms with Gasteiger partial charge in [0, 0.05) is 25.0 Å². The Bertz CT molecular complexity index is 685. The summed E-state index contributed by atoms with van der Waals surface area (Å²) in [6.07, 6.45) is 3.29. The minimum absolute atomic E-state index is 0.159. The van der Waals surface area contributed by atoms with Crippen LogP contribution in [0.15, 0.2) is 30.6 Å². The topological polar surface area (TPSA) is 75.0 Å². The Morgan fingerprint density at radius 1 is 1.52 bits per heavy atom. The highest BCUT2D eigenvalue weighted by molar-refractivity contribution is 5.94. The van der Waals surface area contributed by atoms with Gasteiger partial charge in [-0.3, -0.25) is 4.79 Å². The zero-order valence-corrected chi connectivity index (χ0v) is 11.6. The van der Waals surface area contributed by atoms with E-state index in [0.717, 1.165) is 0 Å². The van der Waals surface area contributed by atoms with E-state index in [2.05, 4.69) is 21.8 Å². The predicted octanol–water partition coefficient (Wildman–Crippen LogP) is 1.13. The lowest BCUT2D eigenvalue weighted by Crippen LogP contribution is -2.26. The normalized spacial score (nSPS) is 9.86. The van der Waals surface area contributed by atoms with Crippen LogP contribution in [0.3, 0.4) is 0 Å². The molecule has 0 saturated heterocycles. The fourth-order valence-corrected chi connectivity index (χ4v) is 1.80. The number of benzene rings is 1. The van der Waals surface area contributed by atoms with Gasteiger partial charge in [-0.05, 0) is 18.2 Å². The van der Waals surface area contributed by atoms with Crippen LogP contribution in [0.2, 0.25) is 0 Å². The van der Waals surface area contributed by atoms with E-state index in [9.17, 15) is 9.18 Å². The van der Waals surface area contributed by atoms with Gasteiger partial charge in [-0.15, -0.1) is 0 Å². The molecule has 2 rings (SSSR count). The summed E-state index contributed by atoms with van der Waals surface area (Å²) >= 11 is 0. The fraction of sp³-hybridized carbons (Fsp3) is 0.200. The number of halogens is 1. The highest BCUT2D eigenvalue weighted by atomic mass is 19.1. The number of aromatic nitrogens is 2. The third-order valence-electron chi connectivity index (χ3n) is 2.83. The molecule has 0 unspecified atom stereocenters. The molecule has 1 heterocycles. The van der Waals surface area contributed by atoms with Gasteiger partial charge in [-0.2, -0.15) is 0 Å². The number of aromatic amines is 1. The van der Waals surface area contributed by atoms with E-state index in [1.165, 1.54) is 17.0 Å². The average Bonchev–Trinajstić information content (AvgIpc) is 2.98. The summed E-state index contributed by atoms with van der Waals surface area (Å²) in [4.78, 5) is 20.6. The summed E-state index contributed by atoms with van der Waals surface area (Å²) in [6.45, 7) is 0.480. The molecule has 6 heteroatoms. The van der Waals surface area contributed by atoms with Crippen LogP contribution in [0, 0.1) is 17.7 Å². The Kier molecular flexibility index (Phi) is 4.69. The molecular weight excluding hydrogens is 271 g/mol. The number of nitrogens with one attached hydrogen (secondary N) is 1. The van der Waals surface area contributed by atoms with Gasteiger partial charge >= 0.3 is 0 Å². The smallest absolute Gasteiger partial charge is 0.254 e. The van der Waals surface area contributed by atoms with E-state index >= 15 is 0 Å². The van der Waals surface area contributed by atoms with E-state index in [0.29, 0.717) is 12.4 Å². The summed E-state index contributed by atoms with van der Waals surface area (Å²) in [5, 5.41) is 0. The van der Waals surface area contributed by atoms with Crippen molar-refractivity contribution in [3.05, 3.63) is 53.4 Å². The van der Waals surface area contributed by atoms with Crippen molar-refractivity contribution in [1.82, 2.24) is 14.9 Å². The first kappa shape index (κ1) is 14.8. The summed E-state index contributed by atoms with van der Waals surface area (Å²) < 4.78 is 13.8. The maximum Gasteiger partial charge on any atom is 0.254 e. The number of rotatable bonds is 3. The van der Waals surface area contributed by atoms with Gasteiger partial charge in [-0.1, -0.05) is 11.8 Å². The zero-order valence-electron chi connectivity index (χ0n) is 11.6. The Hall–Kier alpha value is -2.65. The summed E-state index contributed by atoms with van der Waals surface area (Å²) in [7, 11) is 1.63. The first-order valence-corrected chi connectivity index (χ1v) is 6.34. The fourth-order valence-electron chi connectivity index (χ4n) is 1.80. The Morgan fingerprint density at radius 3 is 2.95 bits per heavy atom. The molecule has 0 spiro atoms. The minimum atomic E-state index is -0.534. The van der Waals surface area contributed by atoms with Crippen LogP contribution in [0.25, 0.3) is 0 Å². The second-order valence-electron chi connectivity index (χ2n) is 4.40. The monoisotopic (exact) mass is 286 g/mol. The maximum absolute atomic E-state index is 13.8. The Labute approximate surface area is 122 Å². The lowest BCUT2D eigenvalue weighted by molar-refractivity contribution is 0.0781. The van der Waals surface area contributed by atoms with Crippen molar-refractivity contribution < 1.29 is 9.18 Å². The van der Waals surface area contributed by atoms with Gasteiger partial charge in [-0.25, -0.2) is 9.37 Å². The van der Waals surface area contributed by atoms with Crippen molar-refractivity contribution in [3.8, 4) is 11.8 Å². The highest BCUT2D eigenvalue weighted by Crippen LogP contribution is 2.12. The van der Waals surface area contributed by atoms with E-state index in [-0.39, 0.29) is 23.6 Å². The van der Waals surface area contributed by atoms with E-state index < -0.39 is 5.82 Å². The largest absolute Gasteiger partial charge is 0.347 e. The van der Waals surface area contributed by atoms with Crippen LogP contribution in [-0.4, -0.2) is 34.4 Å². The van der Waals surface area contributed by atoms with Crippen LogP contribution in [0.5, 0.6) is 0 Å². The molecule has 0 bridgehead atoms. The number of nitrogens with two attached hydrogens (primary N) is 1. The van der Waals surface area contributed by atoms with E-state index in [4.69, 9.17) is 5.73 Å². The number of carbonyl (C=O) groups is 1. The molecule has 1 aromatic carbocycles. The van der Waals surface area contributed by atoms with Crippen LogP contribution in [0.1, 0.15) is 21.7 Å². The molecule has 5 nitrogen and oxygen atoms in total. The van der Waals surface area contributed by atoms with Gasteiger partial charge in [0.25, 0.3) is 5.91 Å². The number of H-pyrrole nitrogens is 1. The van der Waals surface area contributed by atoms with Gasteiger partial charge in [0.05, 0.1) is 18.7 Å². The number of imidazole rings is 1. The first-order valence-electron chi connectivity index (χ1n) is 6.34. The van der Waals surface area contributed by atoms with Crippen molar-refractivity contribution in [2.24, 2.45) is 5.73 Å².